The molecule has 190 valence electrons. The van der Waals surface area contributed by atoms with Crippen LogP contribution in [-0.4, -0.2) is 40.6 Å². The number of nitrogen functional groups attached to an aromatic ring is 1. The topological polar surface area (TPSA) is 193 Å². The first-order chi connectivity index (χ1) is 17.7. The molecule has 2 aliphatic rings. The molecule has 0 saturated carbocycles. The Labute approximate surface area is 211 Å². The standard InChI is InChI=1S/C27H26N4O6/c28-15-5-8-18-22(12-15)37-23-13-16(29)6-9-19(23)24(18)17-7-4-14(11-20(17)26(33)34)25(32)31-10-2-1-3-21(30)27(35)36/h4-9,11-13,21,28H,1-3,10,29-30H2,(H,31,32)(H,33,34)(H,35,36)/t21-/m1/s1. The number of benzene rings is 3. The van der Waals surface area contributed by atoms with E-state index in [1.54, 1.807) is 48.5 Å². The molecule has 1 heterocycles. The molecule has 4 rings (SSSR count). The molecule has 1 aliphatic carbocycles. The molecule has 0 unspecified atom stereocenters. The van der Waals surface area contributed by atoms with Crippen LogP contribution in [-0.2, 0) is 4.79 Å². The summed E-state index contributed by atoms with van der Waals surface area (Å²) in [6.07, 6.45) is 1.35. The number of nitrogens with two attached hydrogens (primary N) is 2. The highest BCUT2D eigenvalue weighted by molar-refractivity contribution is 6.09. The summed E-state index contributed by atoms with van der Waals surface area (Å²) < 4.78 is 5.97. The second-order valence-electron chi connectivity index (χ2n) is 8.71. The molecular formula is C27H26N4O6. The Kier molecular flexibility index (Phi) is 7.21. The van der Waals surface area contributed by atoms with E-state index in [1.165, 1.54) is 6.07 Å². The SMILES string of the molecule is N=c1ccc2c(-c3ccc(C(=O)NCCCC[C@@H](N)C(=O)O)cc3C(=O)O)c3ccc(N)cc3oc-2c1. The number of nitrogens with one attached hydrogen (secondary N) is 2. The van der Waals surface area contributed by atoms with Crippen LogP contribution in [0.3, 0.4) is 0 Å². The van der Waals surface area contributed by atoms with Gasteiger partial charge >= 0.3 is 11.9 Å². The molecule has 0 bridgehead atoms. The Bertz CT molecular complexity index is 1540. The number of hydrogen-bond donors (Lipinski definition) is 6. The quantitative estimate of drug-likeness (QED) is 0.114. The van der Waals surface area contributed by atoms with Crippen LogP contribution in [0.1, 0.15) is 40.0 Å². The summed E-state index contributed by atoms with van der Waals surface area (Å²) in [5, 5.41) is 30.4. The van der Waals surface area contributed by atoms with Crippen molar-refractivity contribution in [2.24, 2.45) is 5.73 Å². The van der Waals surface area contributed by atoms with Gasteiger partial charge < -0.3 is 36.8 Å². The summed E-state index contributed by atoms with van der Waals surface area (Å²) in [7, 11) is 0. The number of carboxylic acids is 2. The normalized spacial score (nSPS) is 11.9. The molecule has 0 saturated heterocycles. The number of fused-ring (bicyclic) bond motifs is 2. The van der Waals surface area contributed by atoms with Crippen molar-refractivity contribution in [3.05, 3.63) is 71.1 Å². The third-order valence-corrected chi connectivity index (χ3v) is 6.07. The average molecular weight is 503 g/mol. The van der Waals surface area contributed by atoms with Gasteiger partial charge in [-0.3, -0.25) is 9.59 Å². The molecule has 8 N–H and O–H groups in total. The van der Waals surface area contributed by atoms with Gasteiger partial charge in [-0.2, -0.15) is 0 Å². The van der Waals surface area contributed by atoms with Crippen LogP contribution in [0.25, 0.3) is 33.4 Å². The minimum atomic E-state index is -1.21. The van der Waals surface area contributed by atoms with Gasteiger partial charge in [-0.1, -0.05) is 6.07 Å². The van der Waals surface area contributed by atoms with Crippen LogP contribution in [0, 0.1) is 5.41 Å². The van der Waals surface area contributed by atoms with Gasteiger partial charge in [-0.25, -0.2) is 4.79 Å². The molecule has 1 aliphatic heterocycles. The zero-order valence-electron chi connectivity index (χ0n) is 19.8. The predicted octanol–water partition coefficient (Wildman–Crippen LogP) is 3.28. The van der Waals surface area contributed by atoms with Crippen molar-refractivity contribution in [1.29, 1.82) is 5.41 Å². The van der Waals surface area contributed by atoms with E-state index in [9.17, 15) is 19.5 Å². The second-order valence-corrected chi connectivity index (χ2v) is 8.71. The van der Waals surface area contributed by atoms with Crippen molar-refractivity contribution in [3.63, 3.8) is 0 Å². The summed E-state index contributed by atoms with van der Waals surface area (Å²) >= 11 is 0. The Morgan fingerprint density at radius 1 is 0.973 bits per heavy atom. The van der Waals surface area contributed by atoms with Gasteiger partial charge in [0.15, 0.2) is 0 Å². The van der Waals surface area contributed by atoms with Crippen LogP contribution in [0.5, 0.6) is 0 Å². The van der Waals surface area contributed by atoms with Crippen molar-refractivity contribution in [2.45, 2.75) is 25.3 Å². The van der Waals surface area contributed by atoms with Crippen molar-refractivity contribution in [2.75, 3.05) is 12.3 Å². The van der Waals surface area contributed by atoms with Gasteiger partial charge in [-0.05, 0) is 61.2 Å². The largest absolute Gasteiger partial charge is 0.480 e. The van der Waals surface area contributed by atoms with E-state index in [1.807, 2.05) is 0 Å². The first-order valence-electron chi connectivity index (χ1n) is 11.6. The first-order valence-corrected chi connectivity index (χ1v) is 11.6. The number of rotatable bonds is 9. The fourth-order valence-corrected chi connectivity index (χ4v) is 4.19. The molecule has 10 nitrogen and oxygen atoms in total. The molecule has 2 aromatic carbocycles. The number of aliphatic carboxylic acids is 1. The van der Waals surface area contributed by atoms with Crippen molar-refractivity contribution >= 4 is 34.5 Å². The van der Waals surface area contributed by atoms with Crippen LogP contribution in [0.4, 0.5) is 5.69 Å². The highest BCUT2D eigenvalue weighted by Gasteiger charge is 2.23. The Hall–Kier alpha value is -4.70. The molecule has 0 radical (unpaired) electrons. The number of amides is 1. The highest BCUT2D eigenvalue weighted by atomic mass is 16.4. The second kappa shape index (κ2) is 10.5. The molecule has 1 atom stereocenters. The van der Waals surface area contributed by atoms with E-state index in [0.29, 0.717) is 64.9 Å². The van der Waals surface area contributed by atoms with Crippen LogP contribution < -0.4 is 22.1 Å². The fraction of sp³-hybridized carbons (Fsp3) is 0.185. The first kappa shape index (κ1) is 25.4. The maximum Gasteiger partial charge on any atom is 0.336 e. The third-order valence-electron chi connectivity index (χ3n) is 6.07. The number of unbranched alkanes of at least 4 members (excludes halogenated alkanes) is 1. The zero-order chi connectivity index (χ0) is 26.7. The molecule has 10 heteroatoms. The number of aromatic carboxylic acids is 1. The lowest BCUT2D eigenvalue weighted by Gasteiger charge is -2.17. The molecule has 0 spiro atoms. The van der Waals surface area contributed by atoms with Gasteiger partial charge in [0.2, 0.25) is 0 Å². The van der Waals surface area contributed by atoms with Gasteiger partial charge in [0.25, 0.3) is 5.91 Å². The molecule has 1 amide bonds. The average Bonchev–Trinajstić information content (AvgIpc) is 2.86. The van der Waals surface area contributed by atoms with Crippen LogP contribution in [0.2, 0.25) is 0 Å². The van der Waals surface area contributed by atoms with E-state index in [2.05, 4.69) is 5.32 Å². The molecule has 0 aromatic heterocycles. The van der Waals surface area contributed by atoms with Crippen molar-refractivity contribution in [1.82, 2.24) is 5.32 Å². The Morgan fingerprint density at radius 3 is 2.46 bits per heavy atom. The Morgan fingerprint density at radius 2 is 1.73 bits per heavy atom. The summed E-state index contributed by atoms with van der Waals surface area (Å²) in [6, 6.07) is 13.4. The smallest absolute Gasteiger partial charge is 0.336 e. The van der Waals surface area contributed by atoms with Gasteiger partial charge in [0.1, 0.15) is 17.4 Å². The van der Waals surface area contributed by atoms with E-state index in [0.717, 1.165) is 0 Å². The van der Waals surface area contributed by atoms with Crippen LogP contribution in [0.15, 0.2) is 59.0 Å². The lowest BCUT2D eigenvalue weighted by Crippen LogP contribution is -2.30. The van der Waals surface area contributed by atoms with E-state index in [-0.39, 0.29) is 16.5 Å². The number of anilines is 1. The van der Waals surface area contributed by atoms with Gasteiger partial charge in [0.05, 0.1) is 10.9 Å². The van der Waals surface area contributed by atoms with Gasteiger partial charge in [0, 0.05) is 46.4 Å². The van der Waals surface area contributed by atoms with E-state index in [4.69, 9.17) is 26.4 Å². The molecule has 2 aromatic rings. The summed E-state index contributed by atoms with van der Waals surface area (Å²) in [5.41, 5.74) is 14.0. The summed E-state index contributed by atoms with van der Waals surface area (Å²) in [6.45, 7) is 0.293. The fourth-order valence-electron chi connectivity index (χ4n) is 4.19. The summed E-state index contributed by atoms with van der Waals surface area (Å²) in [4.78, 5) is 35.8. The highest BCUT2D eigenvalue weighted by Crippen LogP contribution is 2.41. The Balaban J connectivity index is 1.68. The maximum absolute atomic E-state index is 12.7. The monoisotopic (exact) mass is 502 g/mol. The lowest BCUT2D eigenvalue weighted by atomic mass is 9.89. The molecular weight excluding hydrogens is 476 g/mol. The van der Waals surface area contributed by atoms with Gasteiger partial charge in [-0.15, -0.1) is 0 Å². The molecule has 37 heavy (non-hydrogen) atoms. The molecule has 0 fully saturated rings. The minimum Gasteiger partial charge on any atom is -0.480 e. The van der Waals surface area contributed by atoms with E-state index >= 15 is 0 Å². The van der Waals surface area contributed by atoms with Crippen LogP contribution >= 0.6 is 0 Å². The van der Waals surface area contributed by atoms with Crippen molar-refractivity contribution < 1.29 is 29.0 Å². The third kappa shape index (κ3) is 5.44. The maximum atomic E-state index is 12.7. The predicted molar refractivity (Wildman–Crippen MR) is 137 cm³/mol. The minimum absolute atomic E-state index is 0.0688. The van der Waals surface area contributed by atoms with E-state index < -0.39 is 23.9 Å². The zero-order valence-corrected chi connectivity index (χ0v) is 19.8. The van der Waals surface area contributed by atoms with Crippen molar-refractivity contribution in [3.8, 4) is 22.5 Å². The lowest BCUT2D eigenvalue weighted by molar-refractivity contribution is -0.138. The number of hydrogen-bond acceptors (Lipinski definition) is 7. The summed E-state index contributed by atoms with van der Waals surface area (Å²) in [5.74, 6) is -2.31. The number of carbonyl (C=O) groups is 3. The number of carboxylic acid groups (broad SMARTS) is 2. The number of carbonyl (C=O) groups excluding carboxylic acids is 1.